The highest BCUT2D eigenvalue weighted by Gasteiger charge is 2.34. The molecule has 4 aromatic carbocycles. The second-order valence-electron chi connectivity index (χ2n) is 14.1. The van der Waals surface area contributed by atoms with Gasteiger partial charge in [0.2, 0.25) is 40.7 Å². The molecular weight excluding hydrogens is 699 g/mol. The number of ether oxygens (including phenoxy) is 3. The van der Waals surface area contributed by atoms with Gasteiger partial charge in [-0.15, -0.1) is 0 Å². The van der Waals surface area contributed by atoms with E-state index in [1.807, 2.05) is 69.3 Å². The summed E-state index contributed by atoms with van der Waals surface area (Å²) in [5, 5.41) is 4.98. The second kappa shape index (κ2) is 16.1. The van der Waals surface area contributed by atoms with Crippen LogP contribution in [0.15, 0.2) is 72.8 Å². The molecule has 0 spiro atoms. The summed E-state index contributed by atoms with van der Waals surface area (Å²) in [6.45, 7) is 8.91. The number of amides is 2. The first-order chi connectivity index (χ1) is 25.0. The molecule has 2 amide bonds. The maximum Gasteiger partial charge on any atom is 0.407 e. The minimum Gasteiger partial charge on any atom is -0.488 e. The number of alkyl carbamates (subject to hydrolysis) is 1. The van der Waals surface area contributed by atoms with Crippen molar-refractivity contribution in [2.75, 3.05) is 6.61 Å². The molecule has 0 aromatic heterocycles. The summed E-state index contributed by atoms with van der Waals surface area (Å²) in [6.07, 6.45) is -1.20. The summed E-state index contributed by atoms with van der Waals surface area (Å²) in [5.41, 5.74) is 4.07. The van der Waals surface area contributed by atoms with Crippen molar-refractivity contribution < 1.29 is 50.5 Å². The standard InChI is InChI=1S/C40H39F5N2O6/c1-21(2)18-30(38(49)52-36-34(44)32(42)31(41)33(43)35(36)45)46-37(48)29(19-22-14-16-23(17-15-22)53-40(3,4)5)47-39(50)51-20-28-26-12-8-6-10-24(26)25-11-7-9-13-27(25)28/h6-17,21,28-30H,18-20H2,1-5H3,(H,46,48)(H,47,50)/t29-,30-/m0/s1. The average Bonchev–Trinajstić information content (AvgIpc) is 3.43. The maximum atomic E-state index is 14.4. The highest BCUT2D eigenvalue weighted by molar-refractivity contribution is 5.90. The van der Waals surface area contributed by atoms with Crippen LogP contribution < -0.4 is 20.1 Å². The van der Waals surface area contributed by atoms with Crippen molar-refractivity contribution in [3.8, 4) is 22.6 Å². The molecule has 0 bridgehead atoms. The van der Waals surface area contributed by atoms with E-state index in [4.69, 9.17) is 9.47 Å². The Kier molecular flexibility index (Phi) is 11.7. The molecule has 0 radical (unpaired) electrons. The van der Waals surface area contributed by atoms with Gasteiger partial charge in [-0.05, 0) is 73.1 Å². The van der Waals surface area contributed by atoms with Crippen LogP contribution in [0.2, 0.25) is 0 Å². The largest absolute Gasteiger partial charge is 0.488 e. The van der Waals surface area contributed by atoms with Crippen LogP contribution >= 0.6 is 0 Å². The van der Waals surface area contributed by atoms with Crippen molar-refractivity contribution in [1.82, 2.24) is 10.6 Å². The van der Waals surface area contributed by atoms with Crippen LogP contribution in [0.4, 0.5) is 26.7 Å². The second-order valence-corrected chi connectivity index (χ2v) is 14.1. The van der Waals surface area contributed by atoms with Gasteiger partial charge in [0.25, 0.3) is 0 Å². The van der Waals surface area contributed by atoms with Gasteiger partial charge in [-0.25, -0.2) is 22.8 Å². The van der Waals surface area contributed by atoms with Crippen molar-refractivity contribution >= 4 is 18.0 Å². The molecule has 0 saturated heterocycles. The Hall–Kier alpha value is -5.46. The Morgan fingerprint density at radius 2 is 1.25 bits per heavy atom. The van der Waals surface area contributed by atoms with E-state index >= 15 is 0 Å². The van der Waals surface area contributed by atoms with Crippen LogP contribution in [0.3, 0.4) is 0 Å². The number of benzene rings is 4. The molecular formula is C40H39F5N2O6. The average molecular weight is 739 g/mol. The quantitative estimate of drug-likeness (QED) is 0.0501. The lowest BCUT2D eigenvalue weighted by Crippen LogP contribution is -2.53. The van der Waals surface area contributed by atoms with Gasteiger partial charge in [-0.2, -0.15) is 8.78 Å². The summed E-state index contributed by atoms with van der Waals surface area (Å²) in [5.74, 6) is -16.0. The number of carbonyl (C=O) groups excluding carboxylic acids is 3. The Balaban J connectivity index is 1.36. The number of carbonyl (C=O) groups is 3. The summed E-state index contributed by atoms with van der Waals surface area (Å²) in [6, 6.07) is 19.2. The highest BCUT2D eigenvalue weighted by Crippen LogP contribution is 2.44. The fourth-order valence-corrected chi connectivity index (χ4v) is 6.08. The molecule has 13 heteroatoms. The van der Waals surface area contributed by atoms with Gasteiger partial charge in [0.1, 0.15) is 30.0 Å². The molecule has 8 nitrogen and oxygen atoms in total. The van der Waals surface area contributed by atoms with E-state index in [-0.39, 0.29) is 31.3 Å². The zero-order chi connectivity index (χ0) is 38.6. The lowest BCUT2D eigenvalue weighted by Gasteiger charge is -2.24. The number of fused-ring (bicyclic) bond motifs is 3. The van der Waals surface area contributed by atoms with Gasteiger partial charge in [0.05, 0.1) is 0 Å². The number of halogens is 5. The minimum absolute atomic E-state index is 0.0583. The first-order valence-corrected chi connectivity index (χ1v) is 17.0. The van der Waals surface area contributed by atoms with Gasteiger partial charge in [-0.1, -0.05) is 74.5 Å². The van der Waals surface area contributed by atoms with Crippen LogP contribution in [0.25, 0.3) is 11.1 Å². The summed E-state index contributed by atoms with van der Waals surface area (Å²) < 4.78 is 86.2. The summed E-state index contributed by atoms with van der Waals surface area (Å²) in [7, 11) is 0. The monoisotopic (exact) mass is 738 g/mol. The van der Waals surface area contributed by atoms with E-state index in [0.717, 1.165) is 22.3 Å². The predicted molar refractivity (Wildman–Crippen MR) is 186 cm³/mol. The van der Waals surface area contributed by atoms with Crippen molar-refractivity contribution in [2.24, 2.45) is 5.92 Å². The lowest BCUT2D eigenvalue weighted by atomic mass is 9.98. The molecule has 0 fully saturated rings. The molecule has 53 heavy (non-hydrogen) atoms. The molecule has 0 aliphatic heterocycles. The molecule has 2 atom stereocenters. The van der Waals surface area contributed by atoms with Crippen molar-refractivity contribution in [2.45, 2.75) is 71.1 Å². The topological polar surface area (TPSA) is 103 Å². The highest BCUT2D eigenvalue weighted by atomic mass is 19.2. The Labute approximate surface area is 303 Å². The fraction of sp³-hybridized carbons (Fsp3) is 0.325. The Morgan fingerprint density at radius 1 is 0.717 bits per heavy atom. The fourth-order valence-electron chi connectivity index (χ4n) is 6.08. The van der Waals surface area contributed by atoms with Crippen molar-refractivity contribution in [1.29, 1.82) is 0 Å². The smallest absolute Gasteiger partial charge is 0.407 e. The Morgan fingerprint density at radius 3 is 1.77 bits per heavy atom. The van der Waals surface area contributed by atoms with Crippen molar-refractivity contribution in [3.63, 3.8) is 0 Å². The SMILES string of the molecule is CC(C)C[C@H](NC(=O)[C@H](Cc1ccc(OC(C)(C)C)cc1)NC(=O)OCC1c2ccccc2-c2ccccc21)C(=O)Oc1c(F)c(F)c(F)c(F)c1F. The first-order valence-electron chi connectivity index (χ1n) is 17.0. The molecule has 1 aliphatic carbocycles. The maximum absolute atomic E-state index is 14.4. The van der Waals surface area contributed by atoms with E-state index in [1.165, 1.54) is 0 Å². The van der Waals surface area contributed by atoms with Gasteiger partial charge in [0.15, 0.2) is 0 Å². The minimum atomic E-state index is -2.42. The molecule has 0 saturated carbocycles. The summed E-state index contributed by atoms with van der Waals surface area (Å²) >= 11 is 0. The third kappa shape index (κ3) is 9.13. The molecule has 280 valence electrons. The molecule has 5 rings (SSSR count). The number of rotatable bonds is 12. The van der Waals surface area contributed by atoms with E-state index in [2.05, 4.69) is 15.4 Å². The molecule has 0 heterocycles. The normalized spacial score (nSPS) is 13.5. The number of hydrogen-bond donors (Lipinski definition) is 2. The van der Waals surface area contributed by atoms with E-state index in [0.29, 0.717) is 11.3 Å². The number of nitrogens with one attached hydrogen (secondary N) is 2. The number of esters is 1. The zero-order valence-electron chi connectivity index (χ0n) is 29.7. The first kappa shape index (κ1) is 38.8. The third-order valence-electron chi connectivity index (χ3n) is 8.42. The third-order valence-corrected chi connectivity index (χ3v) is 8.42. The molecule has 4 aromatic rings. The van der Waals surface area contributed by atoms with Crippen LogP contribution in [0.1, 0.15) is 63.6 Å². The van der Waals surface area contributed by atoms with Crippen molar-refractivity contribution in [3.05, 3.63) is 119 Å². The van der Waals surface area contributed by atoms with Gasteiger partial charge in [0, 0.05) is 12.3 Å². The van der Waals surface area contributed by atoms with Crippen LogP contribution in [0, 0.1) is 35.0 Å². The molecule has 0 unspecified atom stereocenters. The molecule has 1 aliphatic rings. The molecule has 2 N–H and O–H groups in total. The van der Waals surface area contributed by atoms with Gasteiger partial charge < -0.3 is 24.8 Å². The predicted octanol–water partition coefficient (Wildman–Crippen LogP) is 8.15. The Bertz CT molecular complexity index is 1920. The van der Waals surface area contributed by atoms with E-state index in [9.17, 15) is 36.3 Å². The van der Waals surface area contributed by atoms with Gasteiger partial charge in [-0.3, -0.25) is 4.79 Å². The van der Waals surface area contributed by atoms with E-state index < -0.39 is 70.5 Å². The number of hydrogen-bond acceptors (Lipinski definition) is 6. The lowest BCUT2D eigenvalue weighted by molar-refractivity contribution is -0.140. The van der Waals surface area contributed by atoms with Crippen LogP contribution in [-0.2, 0) is 20.7 Å². The van der Waals surface area contributed by atoms with Crippen LogP contribution in [0.5, 0.6) is 11.5 Å². The van der Waals surface area contributed by atoms with Crippen LogP contribution in [-0.4, -0.2) is 42.3 Å². The zero-order valence-corrected chi connectivity index (χ0v) is 29.7. The van der Waals surface area contributed by atoms with E-state index in [1.54, 1.807) is 38.1 Å². The van der Waals surface area contributed by atoms with Gasteiger partial charge >= 0.3 is 12.1 Å². The summed E-state index contributed by atoms with van der Waals surface area (Å²) in [4.78, 5) is 40.3.